The van der Waals surface area contributed by atoms with E-state index in [4.69, 9.17) is 0 Å². The Labute approximate surface area is 159 Å². The third-order valence-electron chi connectivity index (χ3n) is 4.73. The van der Waals surface area contributed by atoms with Gasteiger partial charge in [-0.1, -0.05) is 101 Å². The molecule has 0 aliphatic heterocycles. The number of hydrogen-bond donors (Lipinski definition) is 1. The summed E-state index contributed by atoms with van der Waals surface area (Å²) < 4.78 is 0. The van der Waals surface area contributed by atoms with Gasteiger partial charge in [0, 0.05) is 0 Å². The largest absolute Gasteiger partial charge is 0.279 e. The molecule has 2 aromatic rings. The van der Waals surface area contributed by atoms with Gasteiger partial charge in [-0.3, -0.25) is 5.43 Å². The minimum Gasteiger partial charge on any atom is -0.279 e. The Kier molecular flexibility index (Phi) is 10.2. The molecule has 0 aliphatic carbocycles. The van der Waals surface area contributed by atoms with Crippen molar-refractivity contribution in [1.82, 2.24) is 0 Å². The molecule has 1 N–H and O–H groups in total. The quantitative estimate of drug-likeness (QED) is 0.230. The second-order valence-electron chi connectivity index (χ2n) is 7.06. The zero-order chi connectivity index (χ0) is 18.3. The summed E-state index contributed by atoms with van der Waals surface area (Å²) in [5.41, 5.74) is 6.61. The van der Waals surface area contributed by atoms with Crippen LogP contribution in [-0.2, 0) is 6.42 Å². The van der Waals surface area contributed by atoms with Crippen LogP contribution >= 0.6 is 0 Å². The Bertz CT molecular complexity index is 602. The van der Waals surface area contributed by atoms with Crippen LogP contribution in [0.1, 0.15) is 75.8 Å². The number of hydrogen-bond acceptors (Lipinski definition) is 2. The molecule has 0 saturated heterocycles. The molecule has 0 atom stereocenters. The zero-order valence-corrected chi connectivity index (χ0v) is 16.3. The molecule has 0 aliphatic rings. The third kappa shape index (κ3) is 8.84. The number of para-hydroxylation sites is 1. The van der Waals surface area contributed by atoms with Crippen molar-refractivity contribution in [3.63, 3.8) is 0 Å². The van der Waals surface area contributed by atoms with Crippen LogP contribution in [0.15, 0.2) is 59.7 Å². The van der Waals surface area contributed by atoms with Gasteiger partial charge in [0.15, 0.2) is 0 Å². The topological polar surface area (TPSA) is 24.4 Å². The van der Waals surface area contributed by atoms with E-state index < -0.39 is 0 Å². The molecule has 2 rings (SSSR count). The van der Waals surface area contributed by atoms with Crippen LogP contribution in [0.25, 0.3) is 0 Å². The van der Waals surface area contributed by atoms with Crippen LogP contribution in [0.2, 0.25) is 0 Å². The van der Waals surface area contributed by atoms with Gasteiger partial charge < -0.3 is 0 Å². The smallest absolute Gasteiger partial charge is 0.0561 e. The van der Waals surface area contributed by atoms with Crippen molar-refractivity contribution in [1.29, 1.82) is 0 Å². The average molecular weight is 351 g/mol. The van der Waals surface area contributed by atoms with Gasteiger partial charge in [0.25, 0.3) is 0 Å². The van der Waals surface area contributed by atoms with Gasteiger partial charge in [0.2, 0.25) is 0 Å². The van der Waals surface area contributed by atoms with E-state index in [1.807, 2.05) is 36.5 Å². The fourth-order valence-corrected chi connectivity index (χ4v) is 3.10. The number of hydrazone groups is 1. The summed E-state index contributed by atoms with van der Waals surface area (Å²) in [5, 5.41) is 4.29. The predicted octanol–water partition coefficient (Wildman–Crippen LogP) is 7.21. The van der Waals surface area contributed by atoms with Crippen molar-refractivity contribution >= 4 is 11.9 Å². The van der Waals surface area contributed by atoms with Gasteiger partial charge in [0.05, 0.1) is 11.9 Å². The van der Waals surface area contributed by atoms with Crippen LogP contribution in [0, 0.1) is 0 Å². The fourth-order valence-electron chi connectivity index (χ4n) is 3.10. The van der Waals surface area contributed by atoms with Crippen molar-refractivity contribution in [3.05, 3.63) is 65.7 Å². The third-order valence-corrected chi connectivity index (χ3v) is 4.73. The molecule has 0 heterocycles. The Morgan fingerprint density at radius 3 is 2.00 bits per heavy atom. The summed E-state index contributed by atoms with van der Waals surface area (Å²) in [6.07, 6.45) is 15.5. The lowest BCUT2D eigenvalue weighted by Gasteiger charge is -2.04. The highest BCUT2D eigenvalue weighted by molar-refractivity contribution is 5.80. The summed E-state index contributed by atoms with van der Waals surface area (Å²) in [7, 11) is 0. The van der Waals surface area contributed by atoms with Gasteiger partial charge in [-0.15, -0.1) is 0 Å². The molecule has 2 heteroatoms. The molecule has 2 aromatic carbocycles. The number of nitrogens with one attached hydrogen (secondary N) is 1. The Hall–Kier alpha value is -2.09. The van der Waals surface area contributed by atoms with Crippen molar-refractivity contribution in [2.24, 2.45) is 5.10 Å². The molecule has 2 nitrogen and oxygen atoms in total. The van der Waals surface area contributed by atoms with Crippen LogP contribution < -0.4 is 5.43 Å². The van der Waals surface area contributed by atoms with Crippen molar-refractivity contribution < 1.29 is 0 Å². The van der Waals surface area contributed by atoms with Gasteiger partial charge in [0.1, 0.15) is 0 Å². The number of aryl methyl sites for hydroxylation is 1. The molecular weight excluding hydrogens is 316 g/mol. The highest BCUT2D eigenvalue weighted by Gasteiger charge is 1.96. The molecule has 26 heavy (non-hydrogen) atoms. The predicted molar refractivity (Wildman–Crippen MR) is 115 cm³/mol. The molecule has 0 unspecified atom stereocenters. The highest BCUT2D eigenvalue weighted by Crippen LogP contribution is 2.12. The first-order valence-electron chi connectivity index (χ1n) is 10.3. The molecule has 0 aromatic heterocycles. The summed E-state index contributed by atoms with van der Waals surface area (Å²) in [5.74, 6) is 0. The molecule has 0 bridgehead atoms. The van der Waals surface area contributed by atoms with Gasteiger partial charge in [-0.2, -0.15) is 5.10 Å². The fraction of sp³-hybridized carbons (Fsp3) is 0.458. The zero-order valence-electron chi connectivity index (χ0n) is 16.3. The first-order valence-corrected chi connectivity index (χ1v) is 10.3. The molecule has 0 saturated carbocycles. The average Bonchev–Trinajstić information content (AvgIpc) is 2.69. The van der Waals surface area contributed by atoms with Crippen LogP contribution in [-0.4, -0.2) is 6.21 Å². The molecule has 0 radical (unpaired) electrons. The molecule has 0 amide bonds. The minimum atomic E-state index is 1.01. The number of anilines is 1. The van der Waals surface area contributed by atoms with E-state index in [2.05, 4.69) is 41.7 Å². The van der Waals surface area contributed by atoms with E-state index in [0.717, 1.165) is 11.3 Å². The SMILES string of the molecule is CCCCCCCCCCCc1ccc(/C=N/Nc2ccccc2)cc1. The lowest BCUT2D eigenvalue weighted by atomic mass is 10.0. The van der Waals surface area contributed by atoms with Crippen LogP contribution in [0.4, 0.5) is 5.69 Å². The molecule has 140 valence electrons. The van der Waals surface area contributed by atoms with Gasteiger partial charge >= 0.3 is 0 Å². The Balaban J connectivity index is 1.57. The van der Waals surface area contributed by atoms with E-state index in [1.165, 1.54) is 69.8 Å². The number of rotatable bonds is 13. The molecule has 0 fully saturated rings. The van der Waals surface area contributed by atoms with Gasteiger partial charge in [-0.05, 0) is 36.1 Å². The molecular formula is C24H34N2. The lowest BCUT2D eigenvalue weighted by Crippen LogP contribution is -1.91. The Morgan fingerprint density at radius 2 is 1.35 bits per heavy atom. The van der Waals surface area contributed by atoms with E-state index in [1.54, 1.807) is 0 Å². The maximum atomic E-state index is 4.29. The second-order valence-corrected chi connectivity index (χ2v) is 7.06. The maximum Gasteiger partial charge on any atom is 0.0561 e. The van der Waals surface area contributed by atoms with Gasteiger partial charge in [-0.25, -0.2) is 0 Å². The number of nitrogens with zero attached hydrogens (tertiary/aromatic N) is 1. The van der Waals surface area contributed by atoms with E-state index >= 15 is 0 Å². The van der Waals surface area contributed by atoms with Crippen molar-refractivity contribution in [2.45, 2.75) is 71.1 Å². The summed E-state index contributed by atoms with van der Waals surface area (Å²) in [6, 6.07) is 18.8. The maximum absolute atomic E-state index is 4.29. The van der Waals surface area contributed by atoms with Crippen molar-refractivity contribution in [2.75, 3.05) is 5.43 Å². The van der Waals surface area contributed by atoms with Crippen LogP contribution in [0.3, 0.4) is 0 Å². The highest BCUT2D eigenvalue weighted by atomic mass is 15.3. The monoisotopic (exact) mass is 350 g/mol. The normalized spacial score (nSPS) is 11.1. The summed E-state index contributed by atoms with van der Waals surface area (Å²) >= 11 is 0. The first kappa shape index (κ1) is 20.2. The van der Waals surface area contributed by atoms with Crippen LogP contribution in [0.5, 0.6) is 0 Å². The van der Waals surface area contributed by atoms with E-state index in [-0.39, 0.29) is 0 Å². The summed E-state index contributed by atoms with van der Waals surface area (Å²) in [4.78, 5) is 0. The standard InChI is InChI=1S/C24H34N2/c1-2-3-4-5-6-7-8-9-11-14-22-17-19-23(20-18-22)21-25-26-24-15-12-10-13-16-24/h10,12-13,15-21,26H,2-9,11,14H2,1H3/b25-21+. The number of benzene rings is 2. The minimum absolute atomic E-state index is 1.01. The lowest BCUT2D eigenvalue weighted by molar-refractivity contribution is 0.565. The van der Waals surface area contributed by atoms with E-state index in [0.29, 0.717) is 0 Å². The number of unbranched alkanes of at least 4 members (excludes halogenated alkanes) is 8. The summed E-state index contributed by atoms with van der Waals surface area (Å²) in [6.45, 7) is 2.28. The van der Waals surface area contributed by atoms with Crippen molar-refractivity contribution in [3.8, 4) is 0 Å². The Morgan fingerprint density at radius 1 is 0.731 bits per heavy atom. The molecule has 0 spiro atoms. The van der Waals surface area contributed by atoms with E-state index in [9.17, 15) is 0 Å². The second kappa shape index (κ2) is 13.2. The first-order chi connectivity index (χ1) is 12.9.